The molecular formula is C28H20N4O3. The van der Waals surface area contributed by atoms with Crippen LogP contribution in [0.1, 0.15) is 5.56 Å². The Kier molecular flexibility index (Phi) is 5.07. The van der Waals surface area contributed by atoms with E-state index in [2.05, 4.69) is 32.2 Å². The van der Waals surface area contributed by atoms with E-state index in [9.17, 15) is 4.79 Å². The van der Waals surface area contributed by atoms with Crippen molar-refractivity contribution in [1.82, 2.24) is 15.1 Å². The lowest BCUT2D eigenvalue weighted by atomic mass is 10.1. The summed E-state index contributed by atoms with van der Waals surface area (Å²) in [6.07, 6.45) is 0. The number of hydrogen-bond donors (Lipinski definition) is 0. The number of rotatable bonds is 5. The Morgan fingerprint density at radius 3 is 2.51 bits per heavy atom. The monoisotopic (exact) mass is 460 g/mol. The summed E-state index contributed by atoms with van der Waals surface area (Å²) in [5.74, 6) is 0.402. The molecule has 0 atom stereocenters. The number of aromatic nitrogens is 3. The first kappa shape index (κ1) is 20.8. The van der Waals surface area contributed by atoms with Gasteiger partial charge in [-0.3, -0.25) is 0 Å². The third-order valence-electron chi connectivity index (χ3n) is 5.91. The van der Waals surface area contributed by atoms with E-state index in [4.69, 9.17) is 8.94 Å². The van der Waals surface area contributed by atoms with E-state index in [-0.39, 0.29) is 11.5 Å². The summed E-state index contributed by atoms with van der Waals surface area (Å²) in [4.78, 5) is 23.9. The van der Waals surface area contributed by atoms with E-state index >= 15 is 0 Å². The predicted molar refractivity (Wildman–Crippen MR) is 135 cm³/mol. The Morgan fingerprint density at radius 2 is 1.63 bits per heavy atom. The second-order valence-electron chi connectivity index (χ2n) is 8.32. The molecule has 3 aromatic carbocycles. The molecule has 0 aliphatic carbocycles. The topological polar surface area (TPSA) is 85.3 Å². The van der Waals surface area contributed by atoms with Gasteiger partial charge in [-0.25, -0.2) is 9.78 Å². The zero-order valence-electron chi connectivity index (χ0n) is 18.9. The second kappa shape index (κ2) is 8.53. The average molecular weight is 460 g/mol. The van der Waals surface area contributed by atoms with E-state index in [1.807, 2.05) is 79.8 Å². The van der Waals surface area contributed by atoms with Crippen molar-refractivity contribution in [2.24, 2.45) is 0 Å². The van der Waals surface area contributed by atoms with Gasteiger partial charge < -0.3 is 13.8 Å². The molecule has 0 radical (unpaired) electrons. The van der Waals surface area contributed by atoms with Crippen molar-refractivity contribution < 1.29 is 8.94 Å². The van der Waals surface area contributed by atoms with Crippen LogP contribution in [-0.2, 0) is 6.54 Å². The molecule has 0 saturated heterocycles. The maximum Gasteiger partial charge on any atom is 0.349 e. The molecular weight excluding hydrogens is 440 g/mol. The Morgan fingerprint density at radius 1 is 0.829 bits per heavy atom. The van der Waals surface area contributed by atoms with E-state index < -0.39 is 5.63 Å². The summed E-state index contributed by atoms with van der Waals surface area (Å²) in [5.41, 5.74) is 3.70. The van der Waals surface area contributed by atoms with Gasteiger partial charge in [-0.1, -0.05) is 59.8 Å². The van der Waals surface area contributed by atoms with Gasteiger partial charge >= 0.3 is 5.63 Å². The Bertz CT molecular complexity index is 1720. The first-order chi connectivity index (χ1) is 17.1. The molecule has 6 aromatic rings. The standard InChI is InChI=1S/C28H20N4O3/c1-32(17-18-7-3-2-4-8-18)21-13-11-20-15-22(28(33)34-25(20)16-21)27-30-26(31-35-27)24-14-12-19-9-5-6-10-23(19)29-24/h2-16H,17H2,1H3. The van der Waals surface area contributed by atoms with Gasteiger partial charge in [0.05, 0.1) is 5.52 Å². The van der Waals surface area contributed by atoms with Crippen LogP contribution in [0.4, 0.5) is 5.69 Å². The van der Waals surface area contributed by atoms with Crippen molar-refractivity contribution in [3.8, 4) is 23.0 Å². The molecule has 0 bridgehead atoms. The first-order valence-corrected chi connectivity index (χ1v) is 11.2. The smallest absolute Gasteiger partial charge is 0.349 e. The Labute approximate surface area is 200 Å². The number of hydrogen-bond acceptors (Lipinski definition) is 7. The van der Waals surface area contributed by atoms with Crippen LogP contribution in [-0.4, -0.2) is 22.2 Å². The van der Waals surface area contributed by atoms with Crippen LogP contribution in [0.5, 0.6) is 0 Å². The predicted octanol–water partition coefficient (Wildman–Crippen LogP) is 5.69. The minimum absolute atomic E-state index is 0.0934. The molecule has 3 aromatic heterocycles. The highest BCUT2D eigenvalue weighted by Crippen LogP contribution is 2.26. The van der Waals surface area contributed by atoms with Crippen molar-refractivity contribution in [3.63, 3.8) is 0 Å². The molecule has 0 N–H and O–H groups in total. The maximum absolute atomic E-state index is 12.8. The Balaban J connectivity index is 1.31. The van der Waals surface area contributed by atoms with Crippen LogP contribution in [0.3, 0.4) is 0 Å². The molecule has 0 amide bonds. The summed E-state index contributed by atoms with van der Waals surface area (Å²) in [6.45, 7) is 0.738. The lowest BCUT2D eigenvalue weighted by Crippen LogP contribution is -2.16. The zero-order valence-corrected chi connectivity index (χ0v) is 18.9. The molecule has 7 nitrogen and oxygen atoms in total. The van der Waals surface area contributed by atoms with Crippen molar-refractivity contribution in [2.45, 2.75) is 6.54 Å². The number of benzene rings is 3. The molecule has 0 saturated carbocycles. The van der Waals surface area contributed by atoms with Gasteiger partial charge in [0.1, 0.15) is 16.8 Å². The van der Waals surface area contributed by atoms with Crippen molar-refractivity contribution in [3.05, 3.63) is 107 Å². The maximum atomic E-state index is 12.8. The quantitative estimate of drug-likeness (QED) is 0.305. The zero-order chi connectivity index (χ0) is 23.8. The highest BCUT2D eigenvalue weighted by Gasteiger charge is 2.17. The molecule has 35 heavy (non-hydrogen) atoms. The van der Waals surface area contributed by atoms with Gasteiger partial charge in [0.25, 0.3) is 5.89 Å². The number of nitrogens with zero attached hydrogens (tertiary/aromatic N) is 4. The Hall–Kier alpha value is -4.78. The van der Waals surface area contributed by atoms with Crippen LogP contribution in [0, 0.1) is 0 Å². The molecule has 170 valence electrons. The van der Waals surface area contributed by atoms with Crippen LogP contribution in [0.2, 0.25) is 0 Å². The molecule has 0 fully saturated rings. The highest BCUT2D eigenvalue weighted by atomic mass is 16.5. The fraction of sp³-hybridized carbons (Fsp3) is 0.0714. The van der Waals surface area contributed by atoms with Gasteiger partial charge in [-0.15, -0.1) is 0 Å². The van der Waals surface area contributed by atoms with E-state index in [1.165, 1.54) is 5.56 Å². The lowest BCUT2D eigenvalue weighted by molar-refractivity contribution is 0.429. The average Bonchev–Trinajstić information content (AvgIpc) is 3.38. The van der Waals surface area contributed by atoms with Crippen LogP contribution in [0.25, 0.3) is 44.8 Å². The third-order valence-corrected chi connectivity index (χ3v) is 5.91. The van der Waals surface area contributed by atoms with Crippen molar-refractivity contribution in [2.75, 3.05) is 11.9 Å². The normalized spacial score (nSPS) is 11.2. The summed E-state index contributed by atoms with van der Waals surface area (Å²) in [5, 5.41) is 5.81. The third kappa shape index (κ3) is 4.04. The largest absolute Gasteiger partial charge is 0.422 e. The molecule has 7 heteroatoms. The summed E-state index contributed by atoms with van der Waals surface area (Å²) >= 11 is 0. The molecule has 6 rings (SSSR count). The fourth-order valence-electron chi connectivity index (χ4n) is 4.06. The number of pyridine rings is 1. The molecule has 0 aliphatic heterocycles. The van der Waals surface area contributed by atoms with Gasteiger partial charge in [-0.05, 0) is 35.9 Å². The number of anilines is 1. The van der Waals surface area contributed by atoms with Gasteiger partial charge in [0.2, 0.25) is 5.82 Å². The van der Waals surface area contributed by atoms with E-state index in [1.54, 1.807) is 6.07 Å². The summed E-state index contributed by atoms with van der Waals surface area (Å²) in [6, 6.07) is 29.2. The molecule has 0 spiro atoms. The van der Waals surface area contributed by atoms with E-state index in [0.717, 1.165) is 28.5 Å². The number of para-hydroxylation sites is 1. The van der Waals surface area contributed by atoms with E-state index in [0.29, 0.717) is 17.1 Å². The van der Waals surface area contributed by atoms with Gasteiger partial charge in [0.15, 0.2) is 0 Å². The lowest BCUT2D eigenvalue weighted by Gasteiger charge is -2.19. The molecule has 3 heterocycles. The van der Waals surface area contributed by atoms with Crippen LogP contribution >= 0.6 is 0 Å². The minimum atomic E-state index is -0.540. The van der Waals surface area contributed by atoms with Crippen molar-refractivity contribution in [1.29, 1.82) is 0 Å². The van der Waals surface area contributed by atoms with Crippen LogP contribution < -0.4 is 10.5 Å². The van der Waals surface area contributed by atoms with Crippen molar-refractivity contribution >= 4 is 27.6 Å². The second-order valence-corrected chi connectivity index (χ2v) is 8.32. The fourth-order valence-corrected chi connectivity index (χ4v) is 4.06. The SMILES string of the molecule is CN(Cc1ccccc1)c1ccc2cc(-c3nc(-c4ccc5ccccc5n4)no3)c(=O)oc2c1. The summed E-state index contributed by atoms with van der Waals surface area (Å²) < 4.78 is 11.0. The molecule has 0 aliphatic rings. The van der Waals surface area contributed by atoms with Gasteiger partial charge in [-0.2, -0.15) is 4.98 Å². The van der Waals surface area contributed by atoms with Gasteiger partial charge in [0, 0.05) is 36.1 Å². The first-order valence-electron chi connectivity index (χ1n) is 11.2. The van der Waals surface area contributed by atoms with Crippen LogP contribution in [0.15, 0.2) is 105 Å². The highest BCUT2D eigenvalue weighted by molar-refractivity contribution is 5.84. The molecule has 0 unspecified atom stereocenters. The number of fused-ring (bicyclic) bond motifs is 2. The summed E-state index contributed by atoms with van der Waals surface area (Å²) in [7, 11) is 2.00. The minimum Gasteiger partial charge on any atom is -0.422 e.